The minimum atomic E-state index is -0.954. The van der Waals surface area contributed by atoms with Crippen molar-refractivity contribution < 1.29 is 24.2 Å². The molecule has 0 bridgehead atoms. The van der Waals surface area contributed by atoms with Crippen LogP contribution < -0.4 is 10.1 Å². The Bertz CT molecular complexity index is 510. The van der Waals surface area contributed by atoms with E-state index < -0.39 is 12.0 Å². The Morgan fingerprint density at radius 1 is 1.25 bits per heavy atom. The van der Waals surface area contributed by atoms with Gasteiger partial charge in [0.15, 0.2) is 0 Å². The maximum atomic E-state index is 11.8. The number of aliphatic carboxylic acids is 1. The Kier molecular flexibility index (Phi) is 10.8. The Labute approximate surface area is 148 Å². The molecule has 0 fully saturated rings. The van der Waals surface area contributed by atoms with Gasteiger partial charge in [0.25, 0.3) is 0 Å². The minimum absolute atomic E-state index is 0. The summed E-state index contributed by atoms with van der Waals surface area (Å²) in [7, 11) is 3.22. The number of hydrogen-bond donors (Lipinski definition) is 2. The van der Waals surface area contributed by atoms with E-state index in [0.717, 1.165) is 11.3 Å². The number of rotatable bonds is 10. The molecule has 8 heteroatoms. The fraction of sp³-hybridized carbons (Fsp3) is 0.500. The summed E-state index contributed by atoms with van der Waals surface area (Å²) in [6, 6.07) is 6.69. The number of likely N-dealkylation sites (N-methyl/N-ethyl adjacent to an activating group) is 1. The maximum Gasteiger partial charge on any atom is 0.320 e. The highest BCUT2D eigenvalue weighted by Crippen LogP contribution is 2.12. The normalized spacial score (nSPS) is 11.5. The van der Waals surface area contributed by atoms with Crippen LogP contribution in [-0.2, 0) is 20.9 Å². The van der Waals surface area contributed by atoms with Gasteiger partial charge in [-0.2, -0.15) is 0 Å². The number of methoxy groups -OCH3 is 1. The molecule has 0 heterocycles. The Balaban J connectivity index is 0.00000529. The van der Waals surface area contributed by atoms with Crippen LogP contribution in [0.3, 0.4) is 0 Å². The van der Waals surface area contributed by atoms with Crippen molar-refractivity contribution >= 4 is 24.3 Å². The predicted octanol–water partition coefficient (Wildman–Crippen LogP) is 1.15. The lowest BCUT2D eigenvalue weighted by atomic mass is 10.2. The van der Waals surface area contributed by atoms with Gasteiger partial charge in [0, 0.05) is 13.7 Å². The lowest BCUT2D eigenvalue weighted by molar-refractivity contribution is -0.142. The third-order valence-corrected chi connectivity index (χ3v) is 3.38. The van der Waals surface area contributed by atoms with Crippen molar-refractivity contribution in [3.05, 3.63) is 29.8 Å². The van der Waals surface area contributed by atoms with E-state index in [9.17, 15) is 9.59 Å². The van der Waals surface area contributed by atoms with Crippen molar-refractivity contribution in [3.8, 4) is 5.75 Å². The Morgan fingerprint density at radius 3 is 2.42 bits per heavy atom. The van der Waals surface area contributed by atoms with Crippen molar-refractivity contribution in [1.29, 1.82) is 0 Å². The van der Waals surface area contributed by atoms with Crippen molar-refractivity contribution in [1.82, 2.24) is 10.2 Å². The third-order valence-electron chi connectivity index (χ3n) is 3.38. The van der Waals surface area contributed by atoms with Gasteiger partial charge in [-0.3, -0.25) is 14.5 Å². The quantitative estimate of drug-likeness (QED) is 0.609. The monoisotopic (exact) mass is 360 g/mol. The van der Waals surface area contributed by atoms with Gasteiger partial charge in [-0.1, -0.05) is 12.1 Å². The fourth-order valence-electron chi connectivity index (χ4n) is 1.75. The maximum absolute atomic E-state index is 11.8. The van der Waals surface area contributed by atoms with E-state index >= 15 is 0 Å². The SMILES string of the molecule is COCCOc1ccc(CNC(=O)CN(C)C(C)C(=O)O)cc1.Cl. The summed E-state index contributed by atoms with van der Waals surface area (Å²) in [4.78, 5) is 24.1. The van der Waals surface area contributed by atoms with Crippen molar-refractivity contribution in [2.24, 2.45) is 0 Å². The molecule has 1 aromatic rings. The van der Waals surface area contributed by atoms with Gasteiger partial charge in [0.2, 0.25) is 5.91 Å². The van der Waals surface area contributed by atoms with Crippen molar-refractivity contribution in [3.63, 3.8) is 0 Å². The van der Waals surface area contributed by atoms with Crippen molar-refractivity contribution in [2.45, 2.75) is 19.5 Å². The van der Waals surface area contributed by atoms with Crippen molar-refractivity contribution in [2.75, 3.05) is 33.9 Å². The van der Waals surface area contributed by atoms with Gasteiger partial charge < -0.3 is 19.9 Å². The fourth-order valence-corrected chi connectivity index (χ4v) is 1.75. The Morgan fingerprint density at radius 2 is 1.88 bits per heavy atom. The molecule has 0 spiro atoms. The van der Waals surface area contributed by atoms with Crippen LogP contribution in [0.1, 0.15) is 12.5 Å². The molecule has 1 unspecified atom stereocenters. The highest BCUT2D eigenvalue weighted by molar-refractivity contribution is 5.85. The van der Waals surface area contributed by atoms with Gasteiger partial charge in [-0.25, -0.2) is 0 Å². The number of carbonyl (C=O) groups excluding carboxylic acids is 1. The molecular weight excluding hydrogens is 336 g/mol. The average molecular weight is 361 g/mol. The lowest BCUT2D eigenvalue weighted by Crippen LogP contribution is -2.42. The van der Waals surface area contributed by atoms with Crippen LogP contribution in [0.25, 0.3) is 0 Å². The molecule has 24 heavy (non-hydrogen) atoms. The van der Waals surface area contributed by atoms with Crippen LogP contribution in [0.2, 0.25) is 0 Å². The van der Waals surface area contributed by atoms with Gasteiger partial charge >= 0.3 is 5.97 Å². The topological polar surface area (TPSA) is 88.1 Å². The Hall–Kier alpha value is -1.83. The van der Waals surface area contributed by atoms with E-state index in [-0.39, 0.29) is 24.9 Å². The zero-order chi connectivity index (χ0) is 17.2. The summed E-state index contributed by atoms with van der Waals surface area (Å²) >= 11 is 0. The van der Waals surface area contributed by atoms with E-state index in [1.165, 1.54) is 11.8 Å². The molecule has 0 aromatic heterocycles. The van der Waals surface area contributed by atoms with E-state index in [1.54, 1.807) is 14.2 Å². The summed E-state index contributed by atoms with van der Waals surface area (Å²) < 4.78 is 10.4. The number of carboxylic acids is 1. The number of carbonyl (C=O) groups is 2. The standard InChI is InChI=1S/C16H24N2O5.ClH/c1-12(16(20)21)18(2)11-15(19)17-10-13-4-6-14(7-5-13)23-9-8-22-3;/h4-7,12H,8-11H2,1-3H3,(H,17,19)(H,20,21);1H. The average Bonchev–Trinajstić information content (AvgIpc) is 2.53. The van der Waals surface area contributed by atoms with Crippen LogP contribution >= 0.6 is 12.4 Å². The molecular formula is C16H25ClN2O5. The predicted molar refractivity (Wildman–Crippen MR) is 92.6 cm³/mol. The number of nitrogens with zero attached hydrogens (tertiary/aromatic N) is 1. The second-order valence-corrected chi connectivity index (χ2v) is 5.19. The summed E-state index contributed by atoms with van der Waals surface area (Å²) in [5.74, 6) is -0.433. The molecule has 1 rings (SSSR count). The molecule has 1 atom stereocenters. The first kappa shape index (κ1) is 22.2. The number of carboxylic acid groups (broad SMARTS) is 1. The summed E-state index contributed by atoms with van der Waals surface area (Å²) in [6.07, 6.45) is 0. The number of nitrogens with one attached hydrogen (secondary N) is 1. The van der Waals surface area contributed by atoms with Gasteiger partial charge in [0.05, 0.1) is 13.2 Å². The molecule has 0 saturated heterocycles. The zero-order valence-electron chi connectivity index (χ0n) is 14.2. The second kappa shape index (κ2) is 11.7. The van der Waals surface area contributed by atoms with E-state index in [0.29, 0.717) is 19.8 Å². The molecule has 0 aliphatic heterocycles. The number of amides is 1. The number of benzene rings is 1. The largest absolute Gasteiger partial charge is 0.491 e. The molecule has 1 aromatic carbocycles. The van der Waals surface area contributed by atoms with Crippen LogP contribution in [0.4, 0.5) is 0 Å². The number of halogens is 1. The van der Waals surface area contributed by atoms with E-state index in [4.69, 9.17) is 14.6 Å². The van der Waals surface area contributed by atoms with Gasteiger partial charge in [-0.15, -0.1) is 12.4 Å². The zero-order valence-corrected chi connectivity index (χ0v) is 15.0. The van der Waals surface area contributed by atoms with Gasteiger partial charge in [-0.05, 0) is 31.7 Å². The summed E-state index contributed by atoms with van der Waals surface area (Å²) in [5, 5.41) is 11.6. The summed E-state index contributed by atoms with van der Waals surface area (Å²) in [6.45, 7) is 2.97. The number of hydrogen-bond acceptors (Lipinski definition) is 5. The molecule has 136 valence electrons. The third kappa shape index (κ3) is 8.14. The first-order valence-electron chi connectivity index (χ1n) is 7.34. The molecule has 1 amide bonds. The highest BCUT2D eigenvalue weighted by Gasteiger charge is 2.18. The summed E-state index contributed by atoms with van der Waals surface area (Å²) in [5.41, 5.74) is 0.936. The van der Waals surface area contributed by atoms with Crippen LogP contribution in [0, 0.1) is 0 Å². The number of ether oxygens (including phenoxy) is 2. The first-order chi connectivity index (χ1) is 10.9. The van der Waals surface area contributed by atoms with E-state index in [2.05, 4.69) is 5.32 Å². The van der Waals surface area contributed by atoms with E-state index in [1.807, 2.05) is 24.3 Å². The van der Waals surface area contributed by atoms with Crippen LogP contribution in [0.5, 0.6) is 5.75 Å². The lowest BCUT2D eigenvalue weighted by Gasteiger charge is -2.20. The first-order valence-corrected chi connectivity index (χ1v) is 7.34. The molecule has 0 saturated carbocycles. The van der Waals surface area contributed by atoms with Gasteiger partial charge in [0.1, 0.15) is 18.4 Å². The molecule has 0 aliphatic rings. The minimum Gasteiger partial charge on any atom is -0.491 e. The molecule has 2 N–H and O–H groups in total. The highest BCUT2D eigenvalue weighted by atomic mass is 35.5. The van der Waals surface area contributed by atoms with Crippen LogP contribution in [0.15, 0.2) is 24.3 Å². The second-order valence-electron chi connectivity index (χ2n) is 5.19. The molecule has 7 nitrogen and oxygen atoms in total. The smallest absolute Gasteiger partial charge is 0.320 e. The van der Waals surface area contributed by atoms with Crippen LogP contribution in [-0.4, -0.2) is 61.8 Å². The molecule has 0 aliphatic carbocycles. The molecule has 0 radical (unpaired) electrons.